The van der Waals surface area contributed by atoms with E-state index in [1.54, 1.807) is 42.5 Å². The Labute approximate surface area is 186 Å². The van der Waals surface area contributed by atoms with Crippen molar-refractivity contribution < 1.29 is 22.5 Å². The maximum atomic E-state index is 12.8. The van der Waals surface area contributed by atoms with E-state index in [-0.39, 0.29) is 18.2 Å². The van der Waals surface area contributed by atoms with Gasteiger partial charge in [0.05, 0.1) is 6.42 Å². The van der Waals surface area contributed by atoms with Crippen LogP contribution in [-0.4, -0.2) is 27.2 Å². The normalized spacial score (nSPS) is 11.8. The number of hydrogen-bond acceptors (Lipinski definition) is 4. The Morgan fingerprint density at radius 3 is 2.62 bits per heavy atom. The fourth-order valence-corrected chi connectivity index (χ4v) is 3.55. The Morgan fingerprint density at radius 1 is 1.19 bits per heavy atom. The van der Waals surface area contributed by atoms with Crippen molar-refractivity contribution in [2.75, 3.05) is 6.54 Å². The quantitative estimate of drug-likeness (QED) is 0.436. The first-order chi connectivity index (χ1) is 15.2. The second-order valence-corrected chi connectivity index (χ2v) is 7.75. The Bertz CT molecular complexity index is 1260. The summed E-state index contributed by atoms with van der Waals surface area (Å²) in [5.74, 6) is -1.64. The number of benzene rings is 2. The molecule has 0 bridgehead atoms. The van der Waals surface area contributed by atoms with Crippen LogP contribution < -0.4 is 5.32 Å². The SMILES string of the molecule is Cc1cn(CCNC(=O)Cc2ccc(Cl)cc2)c2cc(-c3noc(C(F)(F)F)n3)ccc12. The lowest BCUT2D eigenvalue weighted by Crippen LogP contribution is -2.28. The van der Waals surface area contributed by atoms with Gasteiger partial charge in [-0.3, -0.25) is 4.79 Å². The molecule has 0 radical (unpaired) electrons. The van der Waals surface area contributed by atoms with Crippen molar-refractivity contribution in [2.24, 2.45) is 0 Å². The largest absolute Gasteiger partial charge is 0.471 e. The number of aromatic nitrogens is 3. The first-order valence-electron chi connectivity index (χ1n) is 9.72. The van der Waals surface area contributed by atoms with Gasteiger partial charge in [0.15, 0.2) is 0 Å². The third-order valence-electron chi connectivity index (χ3n) is 4.96. The van der Waals surface area contributed by atoms with Crippen molar-refractivity contribution in [1.82, 2.24) is 20.0 Å². The molecule has 0 fully saturated rings. The summed E-state index contributed by atoms with van der Waals surface area (Å²) in [5.41, 5.74) is 3.06. The van der Waals surface area contributed by atoms with E-state index >= 15 is 0 Å². The molecule has 1 amide bonds. The molecule has 0 aliphatic rings. The molecule has 0 spiro atoms. The highest BCUT2D eigenvalue weighted by Crippen LogP contribution is 2.31. The first kappa shape index (κ1) is 21.9. The molecule has 6 nitrogen and oxygen atoms in total. The van der Waals surface area contributed by atoms with Gasteiger partial charge in [0.2, 0.25) is 11.7 Å². The van der Waals surface area contributed by atoms with Crippen LogP contribution in [0, 0.1) is 6.92 Å². The molecule has 0 unspecified atom stereocenters. The van der Waals surface area contributed by atoms with Crippen molar-refractivity contribution in [1.29, 1.82) is 0 Å². The smallest absolute Gasteiger partial charge is 0.354 e. The highest BCUT2D eigenvalue weighted by molar-refractivity contribution is 6.30. The average Bonchev–Trinajstić information content (AvgIpc) is 3.35. The minimum absolute atomic E-state index is 0.118. The fourth-order valence-electron chi connectivity index (χ4n) is 3.42. The summed E-state index contributed by atoms with van der Waals surface area (Å²) in [6.45, 7) is 2.81. The Kier molecular flexibility index (Phi) is 5.92. The first-order valence-corrected chi connectivity index (χ1v) is 10.1. The summed E-state index contributed by atoms with van der Waals surface area (Å²) < 4.78 is 44.5. The Balaban J connectivity index is 1.46. The number of carbonyl (C=O) groups is 1. The molecule has 4 rings (SSSR count). The summed E-state index contributed by atoms with van der Waals surface area (Å²) in [7, 11) is 0. The summed E-state index contributed by atoms with van der Waals surface area (Å²) in [5, 5.41) is 7.88. The molecule has 4 aromatic rings. The highest BCUT2D eigenvalue weighted by Gasteiger charge is 2.38. The van der Waals surface area contributed by atoms with Gasteiger partial charge in [0, 0.05) is 40.8 Å². The van der Waals surface area contributed by atoms with Gasteiger partial charge in [0.25, 0.3) is 0 Å². The van der Waals surface area contributed by atoms with E-state index in [2.05, 4.69) is 20.0 Å². The third kappa shape index (κ3) is 4.77. The summed E-state index contributed by atoms with van der Waals surface area (Å²) in [6, 6.07) is 12.2. The van der Waals surface area contributed by atoms with Crippen LogP contribution in [0.2, 0.25) is 5.02 Å². The number of fused-ring (bicyclic) bond motifs is 1. The van der Waals surface area contributed by atoms with Crippen molar-refractivity contribution in [3.8, 4) is 11.4 Å². The third-order valence-corrected chi connectivity index (χ3v) is 5.21. The molecule has 1 N–H and O–H groups in total. The topological polar surface area (TPSA) is 73.0 Å². The van der Waals surface area contributed by atoms with E-state index in [9.17, 15) is 18.0 Å². The van der Waals surface area contributed by atoms with Crippen LogP contribution in [0.5, 0.6) is 0 Å². The van der Waals surface area contributed by atoms with Crippen molar-refractivity contribution >= 4 is 28.4 Å². The number of hydrogen-bond donors (Lipinski definition) is 1. The number of nitrogens with one attached hydrogen (secondary N) is 1. The van der Waals surface area contributed by atoms with Crippen LogP contribution in [0.4, 0.5) is 13.2 Å². The van der Waals surface area contributed by atoms with Crippen LogP contribution in [0.3, 0.4) is 0 Å². The van der Waals surface area contributed by atoms with E-state index < -0.39 is 12.1 Å². The summed E-state index contributed by atoms with van der Waals surface area (Å²) in [6.07, 6.45) is -2.53. The minimum Gasteiger partial charge on any atom is -0.354 e. The molecule has 10 heteroatoms. The standard InChI is InChI=1S/C22H18ClF3N4O2/c1-13-12-30(9-8-27-19(31)10-14-2-5-16(23)6-3-14)18-11-15(4-7-17(13)18)20-28-21(32-29-20)22(24,25)26/h2-7,11-12H,8-10H2,1H3,(H,27,31). The lowest BCUT2D eigenvalue weighted by molar-refractivity contribution is -0.159. The molecule has 0 saturated heterocycles. The molecule has 32 heavy (non-hydrogen) atoms. The Hall–Kier alpha value is -3.33. The lowest BCUT2D eigenvalue weighted by Gasteiger charge is -2.08. The van der Waals surface area contributed by atoms with Crippen molar-refractivity contribution in [3.05, 3.63) is 70.7 Å². The molecule has 0 saturated carbocycles. The summed E-state index contributed by atoms with van der Waals surface area (Å²) in [4.78, 5) is 15.7. The van der Waals surface area contributed by atoms with Crippen LogP contribution in [0.1, 0.15) is 17.0 Å². The minimum atomic E-state index is -4.70. The average molecular weight is 463 g/mol. The monoisotopic (exact) mass is 462 g/mol. The number of nitrogens with zero attached hydrogens (tertiary/aromatic N) is 3. The van der Waals surface area contributed by atoms with E-state index in [4.69, 9.17) is 11.6 Å². The lowest BCUT2D eigenvalue weighted by atomic mass is 10.1. The van der Waals surface area contributed by atoms with Gasteiger partial charge in [0.1, 0.15) is 0 Å². The van der Waals surface area contributed by atoms with Gasteiger partial charge in [-0.05, 0) is 36.2 Å². The van der Waals surface area contributed by atoms with Gasteiger partial charge in [-0.25, -0.2) is 0 Å². The second kappa shape index (κ2) is 8.66. The molecule has 0 aliphatic heterocycles. The predicted molar refractivity (Wildman–Crippen MR) is 113 cm³/mol. The molecule has 2 aromatic carbocycles. The van der Waals surface area contributed by atoms with E-state index in [0.29, 0.717) is 23.7 Å². The molecular formula is C22H18ClF3N4O2. The number of aryl methyl sites for hydroxylation is 1. The van der Waals surface area contributed by atoms with Gasteiger partial charge in [-0.15, -0.1) is 0 Å². The number of amides is 1. The maximum Gasteiger partial charge on any atom is 0.471 e. The zero-order valence-corrected chi connectivity index (χ0v) is 17.7. The Morgan fingerprint density at radius 2 is 1.94 bits per heavy atom. The molecule has 166 valence electrons. The highest BCUT2D eigenvalue weighted by atomic mass is 35.5. The van der Waals surface area contributed by atoms with Gasteiger partial charge in [-0.2, -0.15) is 18.2 Å². The van der Waals surface area contributed by atoms with Crippen LogP contribution in [0.25, 0.3) is 22.3 Å². The van der Waals surface area contributed by atoms with Crippen LogP contribution in [-0.2, 0) is 23.9 Å². The van der Waals surface area contributed by atoms with Crippen LogP contribution in [0.15, 0.2) is 53.2 Å². The van der Waals surface area contributed by atoms with E-state index in [0.717, 1.165) is 22.0 Å². The van der Waals surface area contributed by atoms with Crippen molar-refractivity contribution in [3.63, 3.8) is 0 Å². The second-order valence-electron chi connectivity index (χ2n) is 7.31. The molecule has 2 aromatic heterocycles. The molecular weight excluding hydrogens is 445 g/mol. The van der Waals surface area contributed by atoms with Gasteiger partial charge >= 0.3 is 12.1 Å². The number of halogens is 4. The van der Waals surface area contributed by atoms with Gasteiger partial charge < -0.3 is 14.4 Å². The molecule has 2 heterocycles. The zero-order valence-electron chi connectivity index (χ0n) is 16.9. The number of alkyl halides is 3. The van der Waals surface area contributed by atoms with Crippen LogP contribution >= 0.6 is 11.6 Å². The fraction of sp³-hybridized carbons (Fsp3) is 0.227. The van der Waals surface area contributed by atoms with E-state index in [1.165, 1.54) is 0 Å². The number of carbonyl (C=O) groups excluding carboxylic acids is 1. The van der Waals surface area contributed by atoms with Gasteiger partial charge in [-0.1, -0.05) is 41.0 Å². The summed E-state index contributed by atoms with van der Waals surface area (Å²) >= 11 is 5.85. The van der Waals surface area contributed by atoms with E-state index in [1.807, 2.05) is 17.7 Å². The zero-order chi connectivity index (χ0) is 22.9. The molecule has 0 atom stereocenters. The predicted octanol–water partition coefficient (Wildman–Crippen LogP) is 5.03. The number of rotatable bonds is 6. The van der Waals surface area contributed by atoms with Crippen molar-refractivity contribution in [2.45, 2.75) is 26.1 Å². The maximum absolute atomic E-state index is 12.8. The molecule has 0 aliphatic carbocycles.